The molecule has 0 saturated heterocycles. The number of urea groups is 1. The minimum absolute atomic E-state index is 0.0857. The van der Waals surface area contributed by atoms with Crippen LogP contribution in [-0.4, -0.2) is 32.2 Å². The molecule has 2 aromatic carbocycles. The molecule has 30 heavy (non-hydrogen) atoms. The maximum absolute atomic E-state index is 12.9. The zero-order valence-electron chi connectivity index (χ0n) is 18.2. The molecule has 0 aliphatic carbocycles. The molecule has 3 amide bonds. The van der Waals surface area contributed by atoms with E-state index in [1.807, 2.05) is 63.2 Å². The van der Waals surface area contributed by atoms with Crippen LogP contribution in [0.4, 0.5) is 4.79 Å². The zero-order valence-corrected chi connectivity index (χ0v) is 18.2. The van der Waals surface area contributed by atoms with Crippen molar-refractivity contribution in [1.29, 1.82) is 0 Å². The summed E-state index contributed by atoms with van der Waals surface area (Å²) >= 11 is 0. The van der Waals surface area contributed by atoms with E-state index in [4.69, 9.17) is 9.47 Å². The van der Waals surface area contributed by atoms with E-state index >= 15 is 0 Å². The molecule has 0 spiro atoms. The summed E-state index contributed by atoms with van der Waals surface area (Å²) < 4.78 is 10.6. The van der Waals surface area contributed by atoms with Gasteiger partial charge >= 0.3 is 6.03 Å². The Morgan fingerprint density at radius 1 is 0.933 bits per heavy atom. The summed E-state index contributed by atoms with van der Waals surface area (Å²) in [5, 5.41) is 8.53. The number of hydrogen-bond acceptors (Lipinski definition) is 4. The topological polar surface area (TPSA) is 88.7 Å². The van der Waals surface area contributed by atoms with Gasteiger partial charge in [-0.25, -0.2) is 4.79 Å². The predicted molar refractivity (Wildman–Crippen MR) is 117 cm³/mol. The number of rotatable bonds is 9. The van der Waals surface area contributed by atoms with Gasteiger partial charge in [0.25, 0.3) is 0 Å². The van der Waals surface area contributed by atoms with Crippen LogP contribution in [0, 0.1) is 5.92 Å². The first-order valence-corrected chi connectivity index (χ1v) is 9.96. The molecule has 0 radical (unpaired) electrons. The van der Waals surface area contributed by atoms with Crippen molar-refractivity contribution in [2.75, 3.05) is 14.2 Å². The van der Waals surface area contributed by atoms with Gasteiger partial charge in [-0.1, -0.05) is 44.2 Å². The van der Waals surface area contributed by atoms with Crippen molar-refractivity contribution in [3.63, 3.8) is 0 Å². The number of carbonyl (C=O) groups is 2. The first-order chi connectivity index (χ1) is 14.3. The largest absolute Gasteiger partial charge is 0.497 e. The molecule has 2 aromatic rings. The molecule has 0 bridgehead atoms. The van der Waals surface area contributed by atoms with Gasteiger partial charge in [-0.15, -0.1) is 0 Å². The quantitative estimate of drug-likeness (QED) is 0.588. The number of methoxy groups -OCH3 is 2. The summed E-state index contributed by atoms with van der Waals surface area (Å²) in [6, 6.07) is 13.7. The van der Waals surface area contributed by atoms with Crippen molar-refractivity contribution in [3.8, 4) is 11.5 Å². The molecule has 7 nitrogen and oxygen atoms in total. The second-order valence-corrected chi connectivity index (χ2v) is 7.37. The summed E-state index contributed by atoms with van der Waals surface area (Å²) in [5.41, 5.74) is 1.81. The Hall–Kier alpha value is -3.22. The van der Waals surface area contributed by atoms with Gasteiger partial charge in [-0.3, -0.25) is 4.79 Å². The van der Waals surface area contributed by atoms with Crippen LogP contribution in [0.2, 0.25) is 0 Å². The van der Waals surface area contributed by atoms with E-state index in [1.165, 1.54) is 0 Å². The van der Waals surface area contributed by atoms with Gasteiger partial charge in [0.05, 0.1) is 20.3 Å². The minimum Gasteiger partial charge on any atom is -0.497 e. The second kappa shape index (κ2) is 11.1. The van der Waals surface area contributed by atoms with Crippen LogP contribution in [0.15, 0.2) is 48.5 Å². The zero-order chi connectivity index (χ0) is 22.1. The molecule has 0 aliphatic rings. The fourth-order valence-electron chi connectivity index (χ4n) is 3.06. The van der Waals surface area contributed by atoms with Crippen LogP contribution in [0.5, 0.6) is 11.5 Å². The molecule has 7 heteroatoms. The van der Waals surface area contributed by atoms with Gasteiger partial charge in [-0.05, 0) is 30.5 Å². The van der Waals surface area contributed by atoms with Crippen LogP contribution < -0.4 is 25.4 Å². The lowest BCUT2D eigenvalue weighted by atomic mass is 10.0. The van der Waals surface area contributed by atoms with Crippen molar-refractivity contribution in [2.24, 2.45) is 5.92 Å². The smallest absolute Gasteiger partial charge is 0.315 e. The molecular weight excluding hydrogens is 382 g/mol. The summed E-state index contributed by atoms with van der Waals surface area (Å²) in [6.07, 6.45) is 0. The molecule has 0 aromatic heterocycles. The second-order valence-electron chi connectivity index (χ2n) is 7.37. The molecule has 2 rings (SSSR count). The monoisotopic (exact) mass is 413 g/mol. The maximum atomic E-state index is 12.9. The van der Waals surface area contributed by atoms with E-state index < -0.39 is 6.04 Å². The Labute approximate surface area is 178 Å². The molecular formula is C23H31N3O4. The number of ether oxygens (including phenoxy) is 2. The summed E-state index contributed by atoms with van der Waals surface area (Å²) in [5.74, 6) is 0.949. The fourth-order valence-corrected chi connectivity index (χ4v) is 3.06. The lowest BCUT2D eigenvalue weighted by Gasteiger charge is -2.25. The van der Waals surface area contributed by atoms with E-state index in [1.54, 1.807) is 20.3 Å². The van der Waals surface area contributed by atoms with Crippen LogP contribution in [0.25, 0.3) is 0 Å². The average molecular weight is 414 g/mol. The highest BCUT2D eigenvalue weighted by Crippen LogP contribution is 2.29. The number of nitrogens with one attached hydrogen (secondary N) is 3. The van der Waals surface area contributed by atoms with Crippen LogP contribution in [0.1, 0.15) is 37.9 Å². The third kappa shape index (κ3) is 6.40. The Bertz CT molecular complexity index is 840. The molecule has 0 heterocycles. The lowest BCUT2D eigenvalue weighted by Crippen LogP contribution is -2.52. The van der Waals surface area contributed by atoms with E-state index in [0.717, 1.165) is 11.1 Å². The standard InChI is InChI=1S/C23H31N3O4/c1-15(2)21(26-23(28)24-14-17-9-7-6-8-10-17)22(27)25-16(3)19-12-11-18(29-4)13-20(19)30-5/h6-13,15-16,21H,14H2,1-5H3,(H,25,27)(H2,24,26,28). The average Bonchev–Trinajstić information content (AvgIpc) is 2.75. The number of benzene rings is 2. The fraction of sp³-hybridized carbons (Fsp3) is 0.391. The van der Waals surface area contributed by atoms with E-state index in [9.17, 15) is 9.59 Å². The van der Waals surface area contributed by atoms with Crippen molar-refractivity contribution >= 4 is 11.9 Å². The van der Waals surface area contributed by atoms with Crippen LogP contribution >= 0.6 is 0 Å². The van der Waals surface area contributed by atoms with Crippen molar-refractivity contribution < 1.29 is 19.1 Å². The van der Waals surface area contributed by atoms with Gasteiger partial charge in [0, 0.05) is 18.2 Å². The van der Waals surface area contributed by atoms with E-state index in [2.05, 4.69) is 16.0 Å². The van der Waals surface area contributed by atoms with Crippen molar-refractivity contribution in [2.45, 2.75) is 39.4 Å². The van der Waals surface area contributed by atoms with E-state index in [0.29, 0.717) is 18.0 Å². The molecule has 3 N–H and O–H groups in total. The Morgan fingerprint density at radius 2 is 1.63 bits per heavy atom. The van der Waals surface area contributed by atoms with Gasteiger partial charge in [-0.2, -0.15) is 0 Å². The van der Waals surface area contributed by atoms with Crippen molar-refractivity contribution in [1.82, 2.24) is 16.0 Å². The summed E-state index contributed by atoms with van der Waals surface area (Å²) in [4.78, 5) is 25.2. The molecule has 162 valence electrons. The third-order valence-corrected chi connectivity index (χ3v) is 4.80. The minimum atomic E-state index is -0.674. The molecule has 0 saturated carbocycles. The molecule has 0 fully saturated rings. The lowest BCUT2D eigenvalue weighted by molar-refractivity contribution is -0.124. The van der Waals surface area contributed by atoms with E-state index in [-0.39, 0.29) is 23.9 Å². The molecule has 0 aliphatic heterocycles. The predicted octanol–water partition coefficient (Wildman–Crippen LogP) is 3.41. The first kappa shape index (κ1) is 23.1. The van der Waals surface area contributed by atoms with Gasteiger partial charge < -0.3 is 25.4 Å². The Kier molecular flexibility index (Phi) is 8.53. The number of amides is 3. The highest BCUT2D eigenvalue weighted by molar-refractivity contribution is 5.87. The van der Waals surface area contributed by atoms with Crippen molar-refractivity contribution in [3.05, 3.63) is 59.7 Å². The maximum Gasteiger partial charge on any atom is 0.315 e. The number of carbonyl (C=O) groups excluding carboxylic acids is 2. The van der Waals surface area contributed by atoms with Gasteiger partial charge in [0.1, 0.15) is 17.5 Å². The summed E-state index contributed by atoms with van der Waals surface area (Å²) in [6.45, 7) is 6.04. The molecule has 2 atom stereocenters. The van der Waals surface area contributed by atoms with Crippen LogP contribution in [-0.2, 0) is 11.3 Å². The number of hydrogen-bond donors (Lipinski definition) is 3. The normalized spacial score (nSPS) is 12.6. The highest BCUT2D eigenvalue weighted by atomic mass is 16.5. The first-order valence-electron chi connectivity index (χ1n) is 9.96. The SMILES string of the molecule is COc1ccc(C(C)NC(=O)C(NC(=O)NCc2ccccc2)C(C)C)c(OC)c1. The highest BCUT2D eigenvalue weighted by Gasteiger charge is 2.26. The van der Waals surface area contributed by atoms with Gasteiger partial charge in [0.15, 0.2) is 0 Å². The van der Waals surface area contributed by atoms with Gasteiger partial charge in [0.2, 0.25) is 5.91 Å². The third-order valence-electron chi connectivity index (χ3n) is 4.80. The molecule has 2 unspecified atom stereocenters. The summed E-state index contributed by atoms with van der Waals surface area (Å²) in [7, 11) is 3.16. The van der Waals surface area contributed by atoms with Crippen LogP contribution in [0.3, 0.4) is 0 Å². The Morgan fingerprint density at radius 3 is 2.23 bits per heavy atom. The Balaban J connectivity index is 2.00.